The minimum Gasteiger partial charge on any atom is -0.411 e. The van der Waals surface area contributed by atoms with Crippen LogP contribution < -0.4 is 0 Å². The minimum atomic E-state index is -3.55. The lowest BCUT2D eigenvalue weighted by Crippen LogP contribution is -2.40. The fraction of sp³-hybridized carbons (Fsp3) is 0.467. The predicted octanol–water partition coefficient (Wildman–Crippen LogP) is 2.21. The van der Waals surface area contributed by atoms with E-state index in [1.54, 1.807) is 36.0 Å². The Morgan fingerprint density at radius 2 is 2.00 bits per heavy atom. The van der Waals surface area contributed by atoms with Crippen molar-refractivity contribution in [2.24, 2.45) is 0 Å². The van der Waals surface area contributed by atoms with Gasteiger partial charge in [0.05, 0.1) is 18.1 Å². The Balaban J connectivity index is 1.79. The maximum atomic E-state index is 12.7. The van der Waals surface area contributed by atoms with Crippen LogP contribution in [0.2, 0.25) is 0 Å². The number of aromatic nitrogens is 2. The van der Waals surface area contributed by atoms with Crippen molar-refractivity contribution < 1.29 is 17.6 Å². The Bertz CT molecular complexity index is 804. The summed E-state index contributed by atoms with van der Waals surface area (Å²) in [6.45, 7) is 1.56. The predicted molar refractivity (Wildman–Crippen MR) is 98.4 cm³/mol. The maximum Gasteiger partial charge on any atom is 0.276 e. The molecule has 3 rings (SSSR count). The van der Waals surface area contributed by atoms with Crippen molar-refractivity contribution >= 4 is 33.5 Å². The topological polar surface area (TPSA) is 85.5 Å². The lowest BCUT2D eigenvalue weighted by Gasteiger charge is -2.26. The molecular weight excluding hydrogens is 382 g/mol. The average molecular weight is 402 g/mol. The van der Waals surface area contributed by atoms with Gasteiger partial charge in [0, 0.05) is 30.2 Å². The molecule has 10 heteroatoms. The summed E-state index contributed by atoms with van der Waals surface area (Å²) >= 11 is 3.24. The first kappa shape index (κ1) is 18.7. The molecule has 0 N–H and O–H groups in total. The molecule has 25 heavy (non-hydrogen) atoms. The van der Waals surface area contributed by atoms with Crippen LogP contribution in [0.15, 0.2) is 38.8 Å². The Morgan fingerprint density at radius 1 is 1.20 bits per heavy atom. The molecule has 2 aromatic rings. The third kappa shape index (κ3) is 4.56. The zero-order chi connectivity index (χ0) is 17.7. The molecule has 0 unspecified atom stereocenters. The van der Waals surface area contributed by atoms with E-state index in [1.807, 2.05) is 6.26 Å². The lowest BCUT2D eigenvalue weighted by atomic mass is 10.2. The highest BCUT2D eigenvalue weighted by molar-refractivity contribution is 8.02. The van der Waals surface area contributed by atoms with E-state index in [0.29, 0.717) is 43.0 Å². The monoisotopic (exact) mass is 401 g/mol. The normalized spacial score (nSPS) is 16.2. The second kappa shape index (κ2) is 8.54. The zero-order valence-electron chi connectivity index (χ0n) is 13.8. The molecule has 0 bridgehead atoms. The number of ether oxygens (including phenoxy) is 1. The van der Waals surface area contributed by atoms with Crippen LogP contribution in [-0.4, -0.2) is 67.0 Å². The summed E-state index contributed by atoms with van der Waals surface area (Å²) in [5.74, 6) is 2.20. The zero-order valence-corrected chi connectivity index (χ0v) is 16.2. The minimum absolute atomic E-state index is 0.224. The smallest absolute Gasteiger partial charge is 0.276 e. The number of hydrogen-bond acceptors (Lipinski definition) is 8. The van der Waals surface area contributed by atoms with Crippen LogP contribution in [0.3, 0.4) is 0 Å². The number of rotatable bonds is 7. The van der Waals surface area contributed by atoms with Gasteiger partial charge in [-0.05, 0) is 24.5 Å². The third-order valence-electron chi connectivity index (χ3n) is 3.61. The van der Waals surface area contributed by atoms with E-state index in [-0.39, 0.29) is 4.90 Å². The van der Waals surface area contributed by atoms with Gasteiger partial charge in [-0.3, -0.25) is 0 Å². The molecule has 1 aromatic carbocycles. The third-order valence-corrected chi connectivity index (χ3v) is 7.19. The second-order valence-corrected chi connectivity index (χ2v) is 9.23. The molecule has 0 spiro atoms. The van der Waals surface area contributed by atoms with Gasteiger partial charge in [0.15, 0.2) is 0 Å². The molecule has 1 aliphatic rings. The molecule has 0 amide bonds. The summed E-state index contributed by atoms with van der Waals surface area (Å²) in [4.78, 5) is 0.224. The van der Waals surface area contributed by atoms with Gasteiger partial charge >= 0.3 is 0 Å². The molecule has 1 aromatic heterocycles. The van der Waals surface area contributed by atoms with Crippen LogP contribution in [-0.2, 0) is 14.8 Å². The molecular formula is C15H19N3O4S3. The molecule has 0 atom stereocenters. The molecule has 136 valence electrons. The summed E-state index contributed by atoms with van der Waals surface area (Å²) in [6, 6.07) is 6.61. The summed E-state index contributed by atoms with van der Waals surface area (Å²) in [6.07, 6.45) is 2.04. The van der Waals surface area contributed by atoms with Gasteiger partial charge in [0.25, 0.3) is 5.22 Å². The lowest BCUT2D eigenvalue weighted by molar-refractivity contribution is 0.0730. The number of hydrogen-bond donors (Lipinski definition) is 0. The summed E-state index contributed by atoms with van der Waals surface area (Å²) in [7, 11) is -3.55. The number of morpholine rings is 1. The van der Waals surface area contributed by atoms with Gasteiger partial charge in [0.1, 0.15) is 0 Å². The van der Waals surface area contributed by atoms with Gasteiger partial charge in [-0.1, -0.05) is 17.8 Å². The van der Waals surface area contributed by atoms with E-state index in [1.165, 1.54) is 16.1 Å². The van der Waals surface area contributed by atoms with Crippen LogP contribution in [0.5, 0.6) is 0 Å². The molecule has 0 radical (unpaired) electrons. The van der Waals surface area contributed by atoms with Crippen LogP contribution in [0.25, 0.3) is 11.5 Å². The van der Waals surface area contributed by atoms with Gasteiger partial charge in [-0.15, -0.1) is 10.2 Å². The molecule has 2 heterocycles. The highest BCUT2D eigenvalue weighted by atomic mass is 32.2. The molecule has 0 aliphatic carbocycles. The Labute approximate surface area is 155 Å². The number of sulfonamides is 1. The molecule has 0 saturated carbocycles. The van der Waals surface area contributed by atoms with Crippen molar-refractivity contribution in [3.63, 3.8) is 0 Å². The number of thioether (sulfide) groups is 2. The van der Waals surface area contributed by atoms with Crippen molar-refractivity contribution in [2.75, 3.05) is 44.1 Å². The highest BCUT2D eigenvalue weighted by Crippen LogP contribution is 2.26. The van der Waals surface area contributed by atoms with Crippen molar-refractivity contribution in [3.05, 3.63) is 24.3 Å². The van der Waals surface area contributed by atoms with E-state index in [0.717, 1.165) is 11.5 Å². The van der Waals surface area contributed by atoms with E-state index in [4.69, 9.17) is 9.15 Å². The maximum absolute atomic E-state index is 12.7. The molecule has 1 aliphatic heterocycles. The standard InChI is InChI=1S/C15H19N3O4S3/c1-23-9-10-24-15-17-16-14(22-15)12-3-2-4-13(11-12)25(19,20)18-5-7-21-8-6-18/h2-4,11H,5-10H2,1H3. The second-order valence-electron chi connectivity index (χ2n) is 5.26. The largest absolute Gasteiger partial charge is 0.411 e. The van der Waals surface area contributed by atoms with Crippen molar-refractivity contribution in [2.45, 2.75) is 10.1 Å². The first-order valence-electron chi connectivity index (χ1n) is 7.75. The Morgan fingerprint density at radius 3 is 2.76 bits per heavy atom. The van der Waals surface area contributed by atoms with Crippen LogP contribution in [0, 0.1) is 0 Å². The SMILES string of the molecule is CSCCSc1nnc(-c2cccc(S(=O)(=O)N3CCOCC3)c2)o1. The van der Waals surface area contributed by atoms with Crippen LogP contribution in [0.4, 0.5) is 0 Å². The van der Waals surface area contributed by atoms with Crippen molar-refractivity contribution in [3.8, 4) is 11.5 Å². The first-order valence-corrected chi connectivity index (χ1v) is 11.6. The van der Waals surface area contributed by atoms with Crippen LogP contribution >= 0.6 is 23.5 Å². The first-order chi connectivity index (χ1) is 12.1. The summed E-state index contributed by atoms with van der Waals surface area (Å²) < 4.78 is 37.8. The van der Waals surface area contributed by atoms with Gasteiger partial charge in [-0.2, -0.15) is 16.1 Å². The quantitative estimate of drug-likeness (QED) is 0.516. The summed E-state index contributed by atoms with van der Waals surface area (Å²) in [5, 5.41) is 8.53. The van der Waals surface area contributed by atoms with Crippen molar-refractivity contribution in [1.29, 1.82) is 0 Å². The van der Waals surface area contributed by atoms with Crippen molar-refractivity contribution in [1.82, 2.24) is 14.5 Å². The van der Waals surface area contributed by atoms with Gasteiger partial charge in [0.2, 0.25) is 15.9 Å². The molecule has 1 fully saturated rings. The fourth-order valence-corrected chi connectivity index (χ4v) is 5.19. The summed E-state index contributed by atoms with van der Waals surface area (Å²) in [5.41, 5.74) is 0.596. The van der Waals surface area contributed by atoms with E-state index >= 15 is 0 Å². The number of benzene rings is 1. The van der Waals surface area contributed by atoms with E-state index < -0.39 is 10.0 Å². The van der Waals surface area contributed by atoms with E-state index in [9.17, 15) is 8.42 Å². The number of nitrogens with zero attached hydrogens (tertiary/aromatic N) is 3. The van der Waals surface area contributed by atoms with Crippen LogP contribution in [0.1, 0.15) is 0 Å². The van der Waals surface area contributed by atoms with E-state index in [2.05, 4.69) is 10.2 Å². The van der Waals surface area contributed by atoms with Gasteiger partial charge in [-0.25, -0.2) is 8.42 Å². The fourth-order valence-electron chi connectivity index (χ4n) is 2.32. The highest BCUT2D eigenvalue weighted by Gasteiger charge is 2.26. The van der Waals surface area contributed by atoms with Gasteiger partial charge < -0.3 is 9.15 Å². The average Bonchev–Trinajstić information content (AvgIpc) is 3.12. The molecule has 1 saturated heterocycles. The Hall–Kier alpha value is -1.07. The molecule has 7 nitrogen and oxygen atoms in total. The Kier molecular flexibility index (Phi) is 6.39.